The van der Waals surface area contributed by atoms with E-state index in [2.05, 4.69) is 29.1 Å². The van der Waals surface area contributed by atoms with Gasteiger partial charge in [0.2, 0.25) is 0 Å². The Bertz CT molecular complexity index is 403. The lowest BCUT2D eigenvalue weighted by atomic mass is 9.95. The molecule has 0 saturated heterocycles. The highest BCUT2D eigenvalue weighted by Gasteiger charge is 2.14. The summed E-state index contributed by atoms with van der Waals surface area (Å²) in [6.07, 6.45) is 3.54. The van der Waals surface area contributed by atoms with E-state index in [0.29, 0.717) is 21.9 Å². The average molecular weight is 350 g/mol. The number of halogens is 1. The third kappa shape index (κ3) is 3.95. The topological polar surface area (TPSA) is 83.8 Å². The molecular formula is C11H19IN4O. The Kier molecular flexibility index (Phi) is 5.90. The fourth-order valence-corrected chi connectivity index (χ4v) is 2.27. The Balaban J connectivity index is 2.61. The fourth-order valence-electron chi connectivity index (χ4n) is 1.78. The van der Waals surface area contributed by atoms with Crippen LogP contribution < -0.4 is 16.6 Å². The summed E-state index contributed by atoms with van der Waals surface area (Å²) in [5.74, 6) is 1.11. The molecule has 0 radical (unpaired) electrons. The van der Waals surface area contributed by atoms with E-state index in [0.717, 1.165) is 12.8 Å². The molecule has 4 N–H and O–H groups in total. The molecule has 5 nitrogen and oxygen atoms in total. The quantitative estimate of drug-likeness (QED) is 0.680. The smallest absolute Gasteiger partial charge is 0.266 e. The molecule has 0 aliphatic carbocycles. The fraction of sp³-hybridized carbons (Fsp3) is 0.636. The molecule has 1 aromatic heterocycles. The van der Waals surface area contributed by atoms with E-state index in [1.54, 1.807) is 0 Å². The molecule has 0 aliphatic rings. The van der Waals surface area contributed by atoms with E-state index in [4.69, 9.17) is 5.73 Å². The molecule has 0 aromatic carbocycles. The molecule has 1 unspecified atom stereocenters. The van der Waals surface area contributed by atoms with Gasteiger partial charge >= 0.3 is 0 Å². The second kappa shape index (κ2) is 6.95. The third-order valence-electron chi connectivity index (χ3n) is 2.96. The van der Waals surface area contributed by atoms with E-state index < -0.39 is 0 Å². The van der Waals surface area contributed by atoms with Gasteiger partial charge in [0.1, 0.15) is 9.39 Å². The van der Waals surface area contributed by atoms with Crippen LogP contribution in [-0.2, 0) is 0 Å². The number of H-pyrrole nitrogens is 1. The van der Waals surface area contributed by atoms with Crippen LogP contribution in [-0.4, -0.2) is 22.6 Å². The van der Waals surface area contributed by atoms with E-state index >= 15 is 0 Å². The number of hydrogen-bond donors (Lipinski definition) is 3. The predicted octanol–water partition coefficient (Wildman–Crippen LogP) is 1.55. The molecule has 1 heterocycles. The van der Waals surface area contributed by atoms with Gasteiger partial charge in [-0.05, 0) is 28.5 Å². The molecule has 6 heteroatoms. The third-order valence-corrected chi connectivity index (χ3v) is 3.96. The first-order valence-corrected chi connectivity index (χ1v) is 6.90. The number of nitrogens with one attached hydrogen (secondary N) is 2. The molecule has 0 bridgehead atoms. The van der Waals surface area contributed by atoms with Gasteiger partial charge in [0.15, 0.2) is 0 Å². The lowest BCUT2D eigenvalue weighted by molar-refractivity contribution is 0.407. The van der Waals surface area contributed by atoms with E-state index in [1.165, 1.54) is 6.33 Å². The number of anilines is 1. The summed E-state index contributed by atoms with van der Waals surface area (Å²) in [7, 11) is 0. The summed E-state index contributed by atoms with van der Waals surface area (Å²) < 4.78 is 0.571. The molecule has 0 aliphatic heterocycles. The lowest BCUT2D eigenvalue weighted by Crippen LogP contribution is -2.36. The van der Waals surface area contributed by atoms with Gasteiger partial charge in [-0.25, -0.2) is 4.98 Å². The van der Waals surface area contributed by atoms with Crippen molar-refractivity contribution in [2.24, 2.45) is 11.7 Å². The van der Waals surface area contributed by atoms with Crippen molar-refractivity contribution >= 4 is 28.4 Å². The van der Waals surface area contributed by atoms with Crippen LogP contribution in [0, 0.1) is 9.49 Å². The second-order valence-electron chi connectivity index (χ2n) is 4.02. The van der Waals surface area contributed by atoms with Crippen molar-refractivity contribution in [3.63, 3.8) is 0 Å². The minimum Gasteiger partial charge on any atom is -0.367 e. The number of rotatable bonds is 6. The average Bonchev–Trinajstić information content (AvgIpc) is 2.32. The van der Waals surface area contributed by atoms with Crippen molar-refractivity contribution in [3.05, 3.63) is 20.3 Å². The van der Waals surface area contributed by atoms with Gasteiger partial charge in [-0.1, -0.05) is 26.7 Å². The molecule has 17 heavy (non-hydrogen) atoms. The molecule has 1 rings (SSSR count). The summed E-state index contributed by atoms with van der Waals surface area (Å²) in [5.41, 5.74) is 5.97. The van der Waals surface area contributed by atoms with Crippen molar-refractivity contribution in [3.8, 4) is 0 Å². The van der Waals surface area contributed by atoms with Gasteiger partial charge in [-0.2, -0.15) is 0 Å². The summed E-state index contributed by atoms with van der Waals surface area (Å²) in [6, 6.07) is 0.0851. The van der Waals surface area contributed by atoms with E-state index in [9.17, 15) is 4.79 Å². The van der Waals surface area contributed by atoms with Crippen LogP contribution in [0.1, 0.15) is 26.7 Å². The summed E-state index contributed by atoms with van der Waals surface area (Å²) in [4.78, 5) is 18.0. The maximum atomic E-state index is 11.4. The Morgan fingerprint density at radius 2 is 2.18 bits per heavy atom. The highest BCUT2D eigenvalue weighted by atomic mass is 127. The van der Waals surface area contributed by atoms with Gasteiger partial charge in [-0.3, -0.25) is 4.79 Å². The van der Waals surface area contributed by atoms with Gasteiger partial charge in [0.05, 0.1) is 6.33 Å². The van der Waals surface area contributed by atoms with Crippen molar-refractivity contribution in [1.82, 2.24) is 9.97 Å². The standard InChI is InChI=1S/C11H19IN4O/c1-3-7(4-2)8(13)5-14-10-9(12)11(17)16-6-15-10/h6-8H,3-5,13H2,1-2H3,(H2,14,15,16,17). The Hall–Kier alpha value is -0.630. The lowest BCUT2D eigenvalue weighted by Gasteiger charge is -2.21. The predicted molar refractivity (Wildman–Crippen MR) is 78.1 cm³/mol. The number of aromatic nitrogens is 2. The second-order valence-corrected chi connectivity index (χ2v) is 5.09. The molecule has 0 amide bonds. The monoisotopic (exact) mass is 350 g/mol. The largest absolute Gasteiger partial charge is 0.367 e. The van der Waals surface area contributed by atoms with Crippen LogP contribution >= 0.6 is 22.6 Å². The summed E-state index contributed by atoms with van der Waals surface area (Å²) >= 11 is 1.98. The number of nitrogens with zero attached hydrogens (tertiary/aromatic N) is 1. The van der Waals surface area contributed by atoms with Gasteiger partial charge < -0.3 is 16.0 Å². The molecule has 0 fully saturated rings. The van der Waals surface area contributed by atoms with Crippen LogP contribution in [0.4, 0.5) is 5.82 Å². The molecule has 1 atom stereocenters. The zero-order chi connectivity index (χ0) is 12.8. The molecule has 1 aromatic rings. The number of aromatic amines is 1. The Labute approximate surface area is 115 Å². The zero-order valence-electron chi connectivity index (χ0n) is 10.2. The van der Waals surface area contributed by atoms with Crippen molar-refractivity contribution in [1.29, 1.82) is 0 Å². The zero-order valence-corrected chi connectivity index (χ0v) is 12.3. The Morgan fingerprint density at radius 1 is 1.53 bits per heavy atom. The van der Waals surface area contributed by atoms with Gasteiger partial charge in [-0.15, -0.1) is 0 Å². The highest BCUT2D eigenvalue weighted by molar-refractivity contribution is 14.1. The van der Waals surface area contributed by atoms with E-state index in [1.807, 2.05) is 22.6 Å². The maximum Gasteiger partial charge on any atom is 0.266 e. The van der Waals surface area contributed by atoms with Crippen molar-refractivity contribution in [2.45, 2.75) is 32.7 Å². The van der Waals surface area contributed by atoms with Crippen LogP contribution in [0.3, 0.4) is 0 Å². The first-order chi connectivity index (χ1) is 8.10. The molecule has 0 saturated carbocycles. The maximum absolute atomic E-state index is 11.4. The molecule has 0 spiro atoms. The normalized spacial score (nSPS) is 12.8. The Morgan fingerprint density at radius 3 is 2.76 bits per heavy atom. The van der Waals surface area contributed by atoms with Crippen molar-refractivity contribution in [2.75, 3.05) is 11.9 Å². The van der Waals surface area contributed by atoms with Gasteiger partial charge in [0.25, 0.3) is 5.56 Å². The van der Waals surface area contributed by atoms with Crippen molar-refractivity contribution < 1.29 is 0 Å². The minimum atomic E-state index is -0.126. The molecular weight excluding hydrogens is 331 g/mol. The summed E-state index contributed by atoms with van der Waals surface area (Å²) in [5, 5.41) is 3.14. The highest BCUT2D eigenvalue weighted by Crippen LogP contribution is 2.13. The first-order valence-electron chi connectivity index (χ1n) is 5.82. The SMILES string of the molecule is CCC(CC)C(N)CNc1nc[nH]c(=O)c1I. The minimum absolute atomic E-state index is 0.0851. The van der Waals surface area contributed by atoms with Crippen LogP contribution in [0.15, 0.2) is 11.1 Å². The number of nitrogens with two attached hydrogens (primary N) is 1. The van der Waals surface area contributed by atoms with Gasteiger partial charge in [0, 0.05) is 12.6 Å². The van der Waals surface area contributed by atoms with Crippen LogP contribution in [0.2, 0.25) is 0 Å². The number of hydrogen-bond acceptors (Lipinski definition) is 4. The van der Waals surface area contributed by atoms with E-state index in [-0.39, 0.29) is 11.6 Å². The summed E-state index contributed by atoms with van der Waals surface area (Å²) in [6.45, 7) is 4.92. The van der Waals surface area contributed by atoms with Crippen LogP contribution in [0.5, 0.6) is 0 Å². The first kappa shape index (κ1) is 14.4. The molecule has 96 valence electrons. The van der Waals surface area contributed by atoms with Crippen LogP contribution in [0.25, 0.3) is 0 Å².